The standard InChI is InChI=1S/C15H23NO3/c1-5-15(2,16(3)4)14(17)11-6-7-12-13(10-11)19-9-8-18-12/h6-7,10,14,17H,5,8-9H2,1-4H3. The highest BCUT2D eigenvalue weighted by Crippen LogP contribution is 2.37. The second-order valence-electron chi connectivity index (χ2n) is 5.41. The second-order valence-corrected chi connectivity index (χ2v) is 5.41. The van der Waals surface area contributed by atoms with Gasteiger partial charge in [0, 0.05) is 5.54 Å². The summed E-state index contributed by atoms with van der Waals surface area (Å²) in [4.78, 5) is 2.06. The van der Waals surface area contributed by atoms with Crippen molar-refractivity contribution in [3.8, 4) is 11.5 Å². The van der Waals surface area contributed by atoms with Crippen LogP contribution < -0.4 is 9.47 Å². The lowest BCUT2D eigenvalue weighted by Gasteiger charge is -2.40. The summed E-state index contributed by atoms with van der Waals surface area (Å²) in [6, 6.07) is 5.67. The lowest BCUT2D eigenvalue weighted by Crippen LogP contribution is -2.46. The van der Waals surface area contributed by atoms with Gasteiger partial charge in [-0.15, -0.1) is 0 Å². The van der Waals surface area contributed by atoms with Crippen LogP contribution in [0.25, 0.3) is 0 Å². The number of ether oxygens (including phenoxy) is 2. The van der Waals surface area contributed by atoms with E-state index >= 15 is 0 Å². The van der Waals surface area contributed by atoms with E-state index in [0.29, 0.717) is 13.2 Å². The number of aliphatic hydroxyl groups is 1. The molecule has 1 aliphatic rings. The number of aliphatic hydroxyl groups excluding tert-OH is 1. The number of rotatable bonds is 4. The molecule has 1 aromatic rings. The molecule has 0 fully saturated rings. The highest BCUT2D eigenvalue weighted by atomic mass is 16.6. The monoisotopic (exact) mass is 265 g/mol. The maximum Gasteiger partial charge on any atom is 0.161 e. The molecule has 0 aliphatic carbocycles. The molecule has 0 radical (unpaired) electrons. The van der Waals surface area contributed by atoms with E-state index in [-0.39, 0.29) is 5.54 Å². The van der Waals surface area contributed by atoms with E-state index in [4.69, 9.17) is 9.47 Å². The van der Waals surface area contributed by atoms with E-state index < -0.39 is 6.10 Å². The lowest BCUT2D eigenvalue weighted by molar-refractivity contribution is 0.000604. The molecule has 19 heavy (non-hydrogen) atoms. The van der Waals surface area contributed by atoms with Crippen molar-refractivity contribution in [2.45, 2.75) is 31.9 Å². The van der Waals surface area contributed by atoms with E-state index in [2.05, 4.69) is 18.7 Å². The molecular formula is C15H23NO3. The van der Waals surface area contributed by atoms with Crippen LogP contribution in [0, 0.1) is 0 Å². The normalized spacial score (nSPS) is 19.1. The molecule has 1 aliphatic heterocycles. The molecule has 0 bridgehead atoms. The predicted molar refractivity (Wildman–Crippen MR) is 74.8 cm³/mol. The zero-order valence-electron chi connectivity index (χ0n) is 12.1. The summed E-state index contributed by atoms with van der Waals surface area (Å²) in [6.45, 7) is 5.29. The van der Waals surface area contributed by atoms with Gasteiger partial charge >= 0.3 is 0 Å². The molecular weight excluding hydrogens is 242 g/mol. The Hall–Kier alpha value is -1.26. The molecule has 1 heterocycles. The number of hydrogen-bond donors (Lipinski definition) is 1. The van der Waals surface area contributed by atoms with E-state index in [0.717, 1.165) is 23.5 Å². The Morgan fingerprint density at radius 1 is 1.26 bits per heavy atom. The first kappa shape index (κ1) is 14.2. The molecule has 1 aromatic carbocycles. The highest BCUT2D eigenvalue weighted by molar-refractivity contribution is 5.44. The smallest absolute Gasteiger partial charge is 0.161 e. The van der Waals surface area contributed by atoms with Crippen molar-refractivity contribution in [3.05, 3.63) is 23.8 Å². The van der Waals surface area contributed by atoms with Gasteiger partial charge in [-0.2, -0.15) is 0 Å². The average molecular weight is 265 g/mol. The lowest BCUT2D eigenvalue weighted by atomic mass is 9.85. The molecule has 0 spiro atoms. The van der Waals surface area contributed by atoms with Crippen molar-refractivity contribution in [3.63, 3.8) is 0 Å². The number of fused-ring (bicyclic) bond motifs is 1. The van der Waals surface area contributed by atoms with Crippen LogP contribution in [0.4, 0.5) is 0 Å². The third-order valence-corrected chi connectivity index (χ3v) is 4.21. The van der Waals surface area contributed by atoms with Crippen molar-refractivity contribution in [1.29, 1.82) is 0 Å². The predicted octanol–water partition coefficient (Wildman–Crippen LogP) is 2.22. The van der Waals surface area contributed by atoms with Crippen molar-refractivity contribution >= 4 is 0 Å². The first-order valence-corrected chi connectivity index (χ1v) is 6.74. The molecule has 4 nitrogen and oxygen atoms in total. The Morgan fingerprint density at radius 2 is 1.89 bits per heavy atom. The third-order valence-electron chi connectivity index (χ3n) is 4.21. The molecule has 0 saturated heterocycles. The minimum absolute atomic E-state index is 0.302. The summed E-state index contributed by atoms with van der Waals surface area (Å²) in [5.41, 5.74) is 0.561. The molecule has 0 saturated carbocycles. The average Bonchev–Trinajstić information content (AvgIpc) is 2.44. The van der Waals surface area contributed by atoms with Gasteiger partial charge in [0.1, 0.15) is 13.2 Å². The molecule has 2 atom stereocenters. The zero-order chi connectivity index (χ0) is 14.0. The molecule has 2 rings (SSSR count). The minimum Gasteiger partial charge on any atom is -0.486 e. The van der Waals surface area contributed by atoms with Crippen LogP contribution in [0.5, 0.6) is 11.5 Å². The highest BCUT2D eigenvalue weighted by Gasteiger charge is 2.35. The van der Waals surface area contributed by atoms with Gasteiger partial charge in [-0.3, -0.25) is 0 Å². The molecule has 4 heteroatoms. The van der Waals surface area contributed by atoms with Gasteiger partial charge in [-0.05, 0) is 45.1 Å². The van der Waals surface area contributed by atoms with Gasteiger partial charge < -0.3 is 19.5 Å². The van der Waals surface area contributed by atoms with Gasteiger partial charge in [0.2, 0.25) is 0 Å². The minimum atomic E-state index is -0.566. The van der Waals surface area contributed by atoms with Gasteiger partial charge in [-0.25, -0.2) is 0 Å². The van der Waals surface area contributed by atoms with Crippen molar-refractivity contribution in [2.75, 3.05) is 27.3 Å². The van der Waals surface area contributed by atoms with Crippen LogP contribution in [-0.4, -0.2) is 42.9 Å². The molecule has 0 amide bonds. The van der Waals surface area contributed by atoms with Gasteiger partial charge in [0.25, 0.3) is 0 Å². The van der Waals surface area contributed by atoms with Crippen molar-refractivity contribution < 1.29 is 14.6 Å². The molecule has 106 valence electrons. The van der Waals surface area contributed by atoms with Gasteiger partial charge in [-0.1, -0.05) is 13.0 Å². The van der Waals surface area contributed by atoms with Crippen molar-refractivity contribution in [2.24, 2.45) is 0 Å². The molecule has 2 unspecified atom stereocenters. The van der Waals surface area contributed by atoms with Crippen LogP contribution in [-0.2, 0) is 0 Å². The van der Waals surface area contributed by atoms with Gasteiger partial charge in [0.15, 0.2) is 11.5 Å². The third kappa shape index (κ3) is 2.55. The SMILES string of the molecule is CCC(C)(C(O)c1ccc2c(c1)OCCO2)N(C)C. The largest absolute Gasteiger partial charge is 0.486 e. The first-order valence-electron chi connectivity index (χ1n) is 6.74. The summed E-state index contributed by atoms with van der Waals surface area (Å²) in [7, 11) is 3.98. The number of nitrogens with zero attached hydrogens (tertiary/aromatic N) is 1. The summed E-state index contributed by atoms with van der Waals surface area (Å²) in [5.74, 6) is 1.48. The maximum atomic E-state index is 10.7. The number of hydrogen-bond acceptors (Lipinski definition) is 4. The summed E-state index contributed by atoms with van der Waals surface area (Å²) < 4.78 is 11.1. The van der Waals surface area contributed by atoms with Crippen LogP contribution in [0.2, 0.25) is 0 Å². The Balaban J connectivity index is 2.31. The van der Waals surface area contributed by atoms with Crippen LogP contribution >= 0.6 is 0 Å². The Morgan fingerprint density at radius 3 is 2.47 bits per heavy atom. The number of benzene rings is 1. The first-order chi connectivity index (χ1) is 8.99. The van der Waals surface area contributed by atoms with E-state index in [9.17, 15) is 5.11 Å². The van der Waals surface area contributed by atoms with Crippen LogP contribution in [0.15, 0.2) is 18.2 Å². The number of likely N-dealkylation sites (N-methyl/N-ethyl adjacent to an activating group) is 1. The van der Waals surface area contributed by atoms with Crippen LogP contribution in [0.1, 0.15) is 31.9 Å². The zero-order valence-corrected chi connectivity index (χ0v) is 12.1. The Kier molecular flexibility index (Phi) is 4.02. The van der Waals surface area contributed by atoms with Crippen molar-refractivity contribution in [1.82, 2.24) is 4.90 Å². The van der Waals surface area contributed by atoms with E-state index in [1.54, 1.807) is 0 Å². The fourth-order valence-electron chi connectivity index (χ4n) is 2.34. The Labute approximate surface area is 114 Å². The summed E-state index contributed by atoms with van der Waals surface area (Å²) in [5, 5.41) is 10.7. The maximum absolute atomic E-state index is 10.7. The summed E-state index contributed by atoms with van der Waals surface area (Å²) in [6.07, 6.45) is 0.290. The molecule has 1 N–H and O–H groups in total. The van der Waals surface area contributed by atoms with Crippen LogP contribution in [0.3, 0.4) is 0 Å². The van der Waals surface area contributed by atoms with Gasteiger partial charge in [0.05, 0.1) is 6.10 Å². The topological polar surface area (TPSA) is 41.9 Å². The molecule has 0 aromatic heterocycles. The Bertz CT molecular complexity index is 447. The van der Waals surface area contributed by atoms with E-state index in [1.165, 1.54) is 0 Å². The quantitative estimate of drug-likeness (QED) is 0.906. The summed E-state index contributed by atoms with van der Waals surface area (Å²) >= 11 is 0. The fourth-order valence-corrected chi connectivity index (χ4v) is 2.34. The second kappa shape index (κ2) is 5.39. The fraction of sp³-hybridized carbons (Fsp3) is 0.600. The van der Waals surface area contributed by atoms with E-state index in [1.807, 2.05) is 32.3 Å².